The van der Waals surface area contributed by atoms with Gasteiger partial charge in [-0.25, -0.2) is 9.97 Å². The van der Waals surface area contributed by atoms with E-state index in [1.54, 1.807) is 25.4 Å². The highest BCUT2D eigenvalue weighted by Gasteiger charge is 2.15. The van der Waals surface area contributed by atoms with E-state index in [-0.39, 0.29) is 11.6 Å². The fourth-order valence-corrected chi connectivity index (χ4v) is 2.33. The number of hydrogen-bond donors (Lipinski definition) is 1. The van der Waals surface area contributed by atoms with E-state index >= 15 is 0 Å². The van der Waals surface area contributed by atoms with Crippen LogP contribution in [0.5, 0.6) is 5.75 Å². The predicted molar refractivity (Wildman–Crippen MR) is 86.0 cm³/mol. The van der Waals surface area contributed by atoms with E-state index in [1.165, 1.54) is 6.20 Å². The van der Waals surface area contributed by atoms with Gasteiger partial charge in [0.25, 0.3) is 5.91 Å². The zero-order valence-electron chi connectivity index (χ0n) is 12.9. The number of aromatic nitrogens is 2. The highest BCUT2D eigenvalue weighted by atomic mass is 16.5. The molecule has 2 aromatic rings. The Morgan fingerprint density at radius 2 is 2.00 bits per heavy atom. The molecule has 7 heteroatoms. The number of ether oxygens (including phenoxy) is 2. The molecule has 1 N–H and O–H groups in total. The minimum absolute atomic E-state index is 0.257. The van der Waals surface area contributed by atoms with Crippen molar-refractivity contribution in [3.63, 3.8) is 0 Å². The monoisotopic (exact) mass is 314 g/mol. The first-order chi connectivity index (χ1) is 11.3. The summed E-state index contributed by atoms with van der Waals surface area (Å²) in [6.07, 6.45) is 3.10. The summed E-state index contributed by atoms with van der Waals surface area (Å²) in [5, 5.41) is 2.78. The van der Waals surface area contributed by atoms with Crippen molar-refractivity contribution in [2.45, 2.75) is 0 Å². The van der Waals surface area contributed by atoms with Crippen LogP contribution >= 0.6 is 0 Å². The number of para-hydroxylation sites is 2. The summed E-state index contributed by atoms with van der Waals surface area (Å²) in [4.78, 5) is 22.9. The zero-order valence-corrected chi connectivity index (χ0v) is 12.9. The van der Waals surface area contributed by atoms with Gasteiger partial charge >= 0.3 is 0 Å². The molecule has 0 radical (unpaired) electrons. The first-order valence-electron chi connectivity index (χ1n) is 7.37. The van der Waals surface area contributed by atoms with Crippen molar-refractivity contribution in [3.8, 4) is 5.75 Å². The van der Waals surface area contributed by atoms with Gasteiger partial charge in [-0.3, -0.25) is 4.79 Å². The van der Waals surface area contributed by atoms with Gasteiger partial charge in [-0.15, -0.1) is 0 Å². The predicted octanol–water partition coefficient (Wildman–Crippen LogP) is 1.57. The van der Waals surface area contributed by atoms with Crippen molar-refractivity contribution < 1.29 is 14.3 Å². The average molecular weight is 314 g/mol. The molecule has 0 aliphatic carbocycles. The number of amides is 1. The van der Waals surface area contributed by atoms with E-state index < -0.39 is 0 Å². The minimum atomic E-state index is -0.324. The van der Waals surface area contributed by atoms with Crippen molar-refractivity contribution in [2.24, 2.45) is 0 Å². The molecule has 0 spiro atoms. The first kappa shape index (κ1) is 15.2. The third kappa shape index (κ3) is 3.57. The molecule has 120 valence electrons. The number of methoxy groups -OCH3 is 1. The fourth-order valence-electron chi connectivity index (χ4n) is 2.33. The zero-order chi connectivity index (χ0) is 16.1. The Bertz CT molecular complexity index is 669. The molecule has 0 atom stereocenters. The van der Waals surface area contributed by atoms with Gasteiger partial charge in [0.1, 0.15) is 17.3 Å². The molecule has 1 aromatic heterocycles. The normalized spacial score (nSPS) is 14.4. The first-order valence-corrected chi connectivity index (χ1v) is 7.37. The lowest BCUT2D eigenvalue weighted by Gasteiger charge is -2.27. The van der Waals surface area contributed by atoms with Gasteiger partial charge in [0, 0.05) is 13.1 Å². The Labute approximate surface area is 134 Å². The smallest absolute Gasteiger partial charge is 0.275 e. The molecule has 1 aliphatic heterocycles. The van der Waals surface area contributed by atoms with E-state index in [9.17, 15) is 4.79 Å². The quantitative estimate of drug-likeness (QED) is 0.923. The largest absolute Gasteiger partial charge is 0.495 e. The van der Waals surface area contributed by atoms with Crippen molar-refractivity contribution >= 4 is 17.4 Å². The summed E-state index contributed by atoms with van der Waals surface area (Å²) in [5.74, 6) is 1.02. The van der Waals surface area contributed by atoms with Gasteiger partial charge < -0.3 is 19.7 Å². The fraction of sp³-hybridized carbons (Fsp3) is 0.312. The third-order valence-electron chi connectivity index (χ3n) is 3.56. The minimum Gasteiger partial charge on any atom is -0.495 e. The van der Waals surface area contributed by atoms with Crippen LogP contribution < -0.4 is 15.0 Å². The van der Waals surface area contributed by atoms with Gasteiger partial charge in [0.2, 0.25) is 0 Å². The van der Waals surface area contributed by atoms with Crippen LogP contribution in [0.25, 0.3) is 0 Å². The molecule has 1 aromatic carbocycles. The lowest BCUT2D eigenvalue weighted by Crippen LogP contribution is -2.36. The van der Waals surface area contributed by atoms with E-state index in [0.717, 1.165) is 18.9 Å². The SMILES string of the molecule is COc1ccccc1NC(=O)c1cnc(N2CCOCC2)cn1. The number of carbonyl (C=O) groups is 1. The second-order valence-electron chi connectivity index (χ2n) is 5.01. The molecule has 0 saturated carbocycles. The summed E-state index contributed by atoms with van der Waals surface area (Å²) >= 11 is 0. The summed E-state index contributed by atoms with van der Waals surface area (Å²) in [7, 11) is 1.56. The molecule has 1 amide bonds. The molecule has 23 heavy (non-hydrogen) atoms. The number of rotatable bonds is 4. The Kier molecular flexibility index (Phi) is 4.68. The van der Waals surface area contributed by atoms with Crippen molar-refractivity contribution in [2.75, 3.05) is 43.6 Å². The van der Waals surface area contributed by atoms with Crippen molar-refractivity contribution in [3.05, 3.63) is 42.4 Å². The topological polar surface area (TPSA) is 76.6 Å². The summed E-state index contributed by atoms with van der Waals surface area (Å²) in [6.45, 7) is 2.91. The molecule has 1 aliphatic rings. The van der Waals surface area contributed by atoms with Gasteiger partial charge in [0.05, 0.1) is 38.4 Å². The molecule has 1 fully saturated rings. The molecular formula is C16H18N4O3. The number of anilines is 2. The van der Waals surface area contributed by atoms with E-state index in [4.69, 9.17) is 9.47 Å². The molecule has 1 saturated heterocycles. The number of nitrogens with one attached hydrogen (secondary N) is 1. The Balaban J connectivity index is 1.70. The highest BCUT2D eigenvalue weighted by Crippen LogP contribution is 2.23. The number of carbonyl (C=O) groups excluding carboxylic acids is 1. The van der Waals surface area contributed by atoms with Crippen LogP contribution in [0, 0.1) is 0 Å². The van der Waals surface area contributed by atoms with Gasteiger partial charge in [0.15, 0.2) is 0 Å². The lowest BCUT2D eigenvalue weighted by atomic mass is 10.3. The lowest BCUT2D eigenvalue weighted by molar-refractivity contribution is 0.102. The number of nitrogens with zero attached hydrogens (tertiary/aromatic N) is 3. The Hall–Kier alpha value is -2.67. The Morgan fingerprint density at radius 1 is 1.22 bits per heavy atom. The molecule has 3 rings (SSSR count). The van der Waals surface area contributed by atoms with Crippen LogP contribution in [0.1, 0.15) is 10.5 Å². The molecule has 0 unspecified atom stereocenters. The van der Waals surface area contributed by atoms with Crippen molar-refractivity contribution in [1.29, 1.82) is 0 Å². The standard InChI is InChI=1S/C16H18N4O3/c1-22-14-5-3-2-4-12(14)19-16(21)13-10-18-15(11-17-13)20-6-8-23-9-7-20/h2-5,10-11H,6-9H2,1H3,(H,19,21). The van der Waals surface area contributed by atoms with Gasteiger partial charge in [-0.1, -0.05) is 12.1 Å². The average Bonchev–Trinajstić information content (AvgIpc) is 2.63. The van der Waals surface area contributed by atoms with Crippen LogP contribution in [0.15, 0.2) is 36.7 Å². The van der Waals surface area contributed by atoms with Crippen molar-refractivity contribution in [1.82, 2.24) is 9.97 Å². The Morgan fingerprint density at radius 3 is 2.70 bits per heavy atom. The van der Waals surface area contributed by atoms with Crippen LogP contribution in [0.3, 0.4) is 0 Å². The maximum atomic E-state index is 12.3. The number of benzene rings is 1. The van der Waals surface area contributed by atoms with Crippen LogP contribution in [-0.2, 0) is 4.74 Å². The molecule has 7 nitrogen and oxygen atoms in total. The number of hydrogen-bond acceptors (Lipinski definition) is 6. The van der Waals surface area contributed by atoms with E-state index in [1.807, 2.05) is 12.1 Å². The van der Waals surface area contributed by atoms with E-state index in [0.29, 0.717) is 24.7 Å². The van der Waals surface area contributed by atoms with Gasteiger partial charge in [-0.2, -0.15) is 0 Å². The maximum Gasteiger partial charge on any atom is 0.275 e. The summed E-state index contributed by atoms with van der Waals surface area (Å²) in [5.41, 5.74) is 0.854. The van der Waals surface area contributed by atoms with Crippen LogP contribution in [-0.4, -0.2) is 49.3 Å². The highest BCUT2D eigenvalue weighted by molar-refractivity contribution is 6.03. The van der Waals surface area contributed by atoms with Crippen LogP contribution in [0.2, 0.25) is 0 Å². The second kappa shape index (κ2) is 7.06. The van der Waals surface area contributed by atoms with E-state index in [2.05, 4.69) is 20.2 Å². The number of morpholine rings is 1. The molecule has 2 heterocycles. The summed E-state index contributed by atoms with van der Waals surface area (Å²) < 4.78 is 10.5. The van der Waals surface area contributed by atoms with Gasteiger partial charge in [-0.05, 0) is 12.1 Å². The third-order valence-corrected chi connectivity index (χ3v) is 3.56. The van der Waals surface area contributed by atoms with Crippen LogP contribution in [0.4, 0.5) is 11.5 Å². The maximum absolute atomic E-state index is 12.3. The summed E-state index contributed by atoms with van der Waals surface area (Å²) in [6, 6.07) is 7.21. The molecular weight excluding hydrogens is 296 g/mol. The second-order valence-corrected chi connectivity index (χ2v) is 5.01. The molecule has 0 bridgehead atoms.